The number of anilines is 1. The fourth-order valence-electron chi connectivity index (χ4n) is 2.93. The van der Waals surface area contributed by atoms with Crippen molar-refractivity contribution in [2.75, 3.05) is 18.5 Å². The molecular weight excluding hydrogens is 416 g/mol. The van der Waals surface area contributed by atoms with Crippen LogP contribution in [-0.2, 0) is 22.1 Å². The summed E-state index contributed by atoms with van der Waals surface area (Å²) in [6, 6.07) is 0.131. The SMILES string of the molecule is C[C@@H](N[S+]([O-])C(C)(C)C)c1cn2cc(C(C)(F)F)cc(N3CC(=O)N(C)C3=O)c2n1. The summed E-state index contributed by atoms with van der Waals surface area (Å²) in [4.78, 5) is 31.0. The van der Waals surface area contributed by atoms with Gasteiger partial charge in [-0.2, -0.15) is 0 Å². The molecule has 2 atom stereocenters. The number of nitrogens with one attached hydrogen (secondary N) is 1. The van der Waals surface area contributed by atoms with Gasteiger partial charge in [-0.1, -0.05) is 0 Å². The van der Waals surface area contributed by atoms with Gasteiger partial charge in [0, 0.05) is 43.3 Å². The lowest BCUT2D eigenvalue weighted by molar-refractivity contribution is -0.123. The first-order valence-corrected chi connectivity index (χ1v) is 10.5. The van der Waals surface area contributed by atoms with Crippen LogP contribution in [0.5, 0.6) is 0 Å². The van der Waals surface area contributed by atoms with Crippen LogP contribution in [0.2, 0.25) is 0 Å². The largest absolute Gasteiger partial charge is 0.598 e. The molecule has 1 aliphatic rings. The van der Waals surface area contributed by atoms with Crippen molar-refractivity contribution >= 4 is 34.6 Å². The van der Waals surface area contributed by atoms with Crippen LogP contribution in [0.4, 0.5) is 19.3 Å². The van der Waals surface area contributed by atoms with E-state index in [4.69, 9.17) is 0 Å². The van der Waals surface area contributed by atoms with Gasteiger partial charge in [-0.3, -0.25) is 14.6 Å². The maximum Gasteiger partial charge on any atom is 0.331 e. The third-order valence-corrected chi connectivity index (χ3v) is 6.50. The molecule has 3 amide bonds. The molecule has 1 saturated heterocycles. The lowest BCUT2D eigenvalue weighted by Gasteiger charge is -2.25. The van der Waals surface area contributed by atoms with E-state index in [1.807, 2.05) is 20.8 Å². The average Bonchev–Trinajstić information content (AvgIpc) is 3.16. The van der Waals surface area contributed by atoms with Crippen LogP contribution in [0.3, 0.4) is 0 Å². The minimum Gasteiger partial charge on any atom is -0.598 e. The van der Waals surface area contributed by atoms with Gasteiger partial charge in [0.25, 0.3) is 5.92 Å². The third-order valence-electron chi connectivity index (χ3n) is 4.82. The number of alkyl halides is 2. The van der Waals surface area contributed by atoms with E-state index < -0.39 is 40.0 Å². The van der Waals surface area contributed by atoms with Crippen molar-refractivity contribution in [3.8, 4) is 0 Å². The number of nitrogens with zero attached hydrogens (tertiary/aromatic N) is 4. The van der Waals surface area contributed by atoms with E-state index in [2.05, 4.69) is 9.71 Å². The molecule has 11 heteroatoms. The normalized spacial score (nSPS) is 17.9. The molecule has 3 heterocycles. The number of aromatic nitrogens is 2. The number of fused-ring (bicyclic) bond motifs is 1. The molecule has 1 fully saturated rings. The molecular formula is C19H25F2N5O3S. The molecule has 0 spiro atoms. The first-order chi connectivity index (χ1) is 13.7. The zero-order chi connectivity index (χ0) is 22.6. The molecule has 8 nitrogen and oxygen atoms in total. The molecule has 2 aromatic rings. The number of carbonyl (C=O) groups is 2. The number of rotatable bonds is 5. The van der Waals surface area contributed by atoms with Crippen molar-refractivity contribution in [1.29, 1.82) is 0 Å². The van der Waals surface area contributed by atoms with E-state index in [-0.39, 0.29) is 23.4 Å². The summed E-state index contributed by atoms with van der Waals surface area (Å²) in [5.41, 5.74) is 0.524. The van der Waals surface area contributed by atoms with Gasteiger partial charge in [0.05, 0.1) is 17.4 Å². The van der Waals surface area contributed by atoms with Crippen LogP contribution >= 0.6 is 0 Å². The fraction of sp³-hybridized carbons (Fsp3) is 0.526. The number of amides is 3. The molecule has 0 aliphatic carbocycles. The second-order valence-electron chi connectivity index (χ2n) is 8.44. The van der Waals surface area contributed by atoms with Crippen LogP contribution in [0, 0.1) is 0 Å². The summed E-state index contributed by atoms with van der Waals surface area (Å²) in [5.74, 6) is -3.60. The summed E-state index contributed by atoms with van der Waals surface area (Å²) < 4.78 is 44.5. The molecule has 2 aromatic heterocycles. The number of hydrogen-bond acceptors (Lipinski definition) is 5. The molecule has 0 bridgehead atoms. The van der Waals surface area contributed by atoms with Crippen molar-refractivity contribution in [2.45, 2.75) is 51.3 Å². The molecule has 0 radical (unpaired) electrons. The van der Waals surface area contributed by atoms with Crippen LogP contribution in [0.15, 0.2) is 18.5 Å². The van der Waals surface area contributed by atoms with Gasteiger partial charge in [0.15, 0.2) is 5.65 Å². The summed E-state index contributed by atoms with van der Waals surface area (Å²) >= 11 is -1.37. The first kappa shape index (κ1) is 22.4. The Morgan fingerprint density at radius 3 is 2.37 bits per heavy atom. The van der Waals surface area contributed by atoms with Gasteiger partial charge in [-0.05, 0) is 33.8 Å². The maximum absolute atomic E-state index is 14.1. The molecule has 3 rings (SSSR count). The molecule has 0 saturated carbocycles. The Kier molecular flexibility index (Phi) is 5.59. The van der Waals surface area contributed by atoms with E-state index in [9.17, 15) is 22.9 Å². The Morgan fingerprint density at radius 2 is 1.87 bits per heavy atom. The maximum atomic E-state index is 14.1. The number of carbonyl (C=O) groups excluding carboxylic acids is 2. The van der Waals surface area contributed by atoms with Crippen LogP contribution < -0.4 is 9.62 Å². The monoisotopic (exact) mass is 441 g/mol. The topological polar surface area (TPSA) is 93.0 Å². The highest BCUT2D eigenvalue weighted by Crippen LogP contribution is 2.34. The van der Waals surface area contributed by atoms with Crippen LogP contribution in [-0.4, -0.2) is 49.1 Å². The number of hydrogen-bond donors (Lipinski definition) is 1. The van der Waals surface area contributed by atoms with Gasteiger partial charge in [-0.25, -0.2) is 18.6 Å². The summed E-state index contributed by atoms with van der Waals surface area (Å²) in [5, 5.41) is 0. The number of urea groups is 1. The van der Waals surface area contributed by atoms with Gasteiger partial charge in [-0.15, -0.1) is 4.72 Å². The van der Waals surface area contributed by atoms with Gasteiger partial charge < -0.3 is 8.95 Å². The average molecular weight is 442 g/mol. The highest BCUT2D eigenvalue weighted by molar-refractivity contribution is 7.90. The van der Waals surface area contributed by atoms with Gasteiger partial charge >= 0.3 is 6.03 Å². The zero-order valence-electron chi connectivity index (χ0n) is 17.7. The van der Waals surface area contributed by atoms with Crippen molar-refractivity contribution in [3.63, 3.8) is 0 Å². The second-order valence-corrected chi connectivity index (χ2v) is 10.4. The molecule has 1 N–H and O–H groups in total. The van der Waals surface area contributed by atoms with Crippen LogP contribution in [0.1, 0.15) is 51.9 Å². The molecule has 1 unspecified atom stereocenters. The quantitative estimate of drug-likeness (QED) is 0.569. The first-order valence-electron chi connectivity index (χ1n) is 9.37. The van der Waals surface area contributed by atoms with E-state index in [1.54, 1.807) is 13.1 Å². The Labute approximate surface area is 176 Å². The van der Waals surface area contributed by atoms with Crippen LogP contribution in [0.25, 0.3) is 5.65 Å². The zero-order valence-corrected chi connectivity index (χ0v) is 18.5. The lowest BCUT2D eigenvalue weighted by Crippen LogP contribution is -2.40. The predicted molar refractivity (Wildman–Crippen MR) is 110 cm³/mol. The standard InChI is InChI=1S/C19H25F2N5O3S/c1-11(23-30(29)18(2,3)4)13-9-25-8-12(19(5,20)21)7-14(16(25)22-13)26-10-15(27)24(6)17(26)28/h7-9,11,23H,10H2,1-6H3/t11-,30?/m1/s1. The van der Waals surface area contributed by atoms with E-state index in [0.29, 0.717) is 5.69 Å². The summed E-state index contributed by atoms with van der Waals surface area (Å²) in [6.45, 7) is 7.74. The van der Waals surface area contributed by atoms with Gasteiger partial charge in [0.1, 0.15) is 11.3 Å². The molecule has 164 valence electrons. The highest BCUT2D eigenvalue weighted by Gasteiger charge is 2.37. The van der Waals surface area contributed by atoms with Gasteiger partial charge in [0.2, 0.25) is 5.91 Å². The number of imide groups is 1. The highest BCUT2D eigenvalue weighted by atomic mass is 32.2. The Bertz CT molecular complexity index is 998. The fourth-order valence-corrected chi connectivity index (χ4v) is 3.72. The Balaban J connectivity index is 2.09. The number of halogens is 2. The summed E-state index contributed by atoms with van der Waals surface area (Å²) in [6.07, 6.45) is 2.80. The Morgan fingerprint density at radius 1 is 1.23 bits per heavy atom. The smallest absolute Gasteiger partial charge is 0.331 e. The minimum atomic E-state index is -3.16. The predicted octanol–water partition coefficient (Wildman–Crippen LogP) is 2.96. The Hall–Kier alpha value is -2.24. The van der Waals surface area contributed by atoms with E-state index in [0.717, 1.165) is 16.7 Å². The van der Waals surface area contributed by atoms with E-state index in [1.165, 1.54) is 23.7 Å². The van der Waals surface area contributed by atoms with Crippen molar-refractivity contribution in [2.24, 2.45) is 0 Å². The molecule has 30 heavy (non-hydrogen) atoms. The number of pyridine rings is 1. The second kappa shape index (κ2) is 7.47. The van der Waals surface area contributed by atoms with Crippen molar-refractivity contribution < 1.29 is 22.9 Å². The minimum absolute atomic E-state index is 0.118. The number of likely N-dealkylation sites (N-methyl/N-ethyl adjacent to an activating group) is 1. The number of imidazole rings is 1. The molecule has 1 aliphatic heterocycles. The van der Waals surface area contributed by atoms with Crippen molar-refractivity contribution in [1.82, 2.24) is 19.0 Å². The summed E-state index contributed by atoms with van der Waals surface area (Å²) in [7, 11) is 1.34. The van der Waals surface area contributed by atoms with E-state index >= 15 is 0 Å². The molecule has 0 aromatic carbocycles. The lowest BCUT2D eigenvalue weighted by atomic mass is 10.1. The third kappa shape index (κ3) is 4.14. The van der Waals surface area contributed by atoms with Crippen molar-refractivity contribution in [3.05, 3.63) is 29.7 Å².